The van der Waals surface area contributed by atoms with Crippen molar-refractivity contribution in [2.45, 2.75) is 69.9 Å². The van der Waals surface area contributed by atoms with E-state index in [1.807, 2.05) is 42.5 Å². The van der Waals surface area contributed by atoms with Crippen molar-refractivity contribution in [1.82, 2.24) is 15.4 Å². The fourth-order valence-corrected chi connectivity index (χ4v) is 8.39. The van der Waals surface area contributed by atoms with E-state index in [0.717, 1.165) is 41.5 Å². The second kappa shape index (κ2) is 15.2. The number of methoxy groups -OCH3 is 1. The summed E-state index contributed by atoms with van der Waals surface area (Å²) in [7, 11) is 1.61. The summed E-state index contributed by atoms with van der Waals surface area (Å²) in [5.74, 6) is -0.396. The predicted molar refractivity (Wildman–Crippen MR) is 192 cm³/mol. The monoisotopic (exact) mass is 711 g/mol. The first kappa shape index (κ1) is 34.7. The number of Topliss-reactive ketones (excluding diaryl/α,β-unsaturated/α-hetero) is 1. The number of ether oxygens (including phenoxy) is 2. The molecular weight excluding hydrogens is 670 g/mol. The molecule has 2 aliphatic heterocycles. The van der Waals surface area contributed by atoms with Crippen LogP contribution in [0.25, 0.3) is 10.2 Å². The van der Waals surface area contributed by atoms with Crippen molar-refractivity contribution in [2.24, 2.45) is 17.3 Å². The largest absolute Gasteiger partial charge is 0.497 e. The molecule has 0 spiro atoms. The van der Waals surface area contributed by atoms with Crippen LogP contribution < -0.4 is 19.8 Å². The van der Waals surface area contributed by atoms with Crippen LogP contribution in [0, 0.1) is 23.1 Å². The van der Waals surface area contributed by atoms with Gasteiger partial charge in [-0.05, 0) is 86.1 Å². The minimum absolute atomic E-state index is 0.0390. The second-order valence-electron chi connectivity index (χ2n) is 13.8. The number of ketones is 1. The summed E-state index contributed by atoms with van der Waals surface area (Å²) in [6.07, 6.45) is 8.95. The van der Waals surface area contributed by atoms with Gasteiger partial charge in [0.15, 0.2) is 11.5 Å². The van der Waals surface area contributed by atoms with Crippen molar-refractivity contribution < 1.29 is 33.1 Å². The molecule has 2 fully saturated rings. The van der Waals surface area contributed by atoms with Crippen molar-refractivity contribution in [1.29, 1.82) is 0 Å². The number of carbonyl (C=O) groups excluding carboxylic acids is 3. The van der Waals surface area contributed by atoms with E-state index in [9.17, 15) is 18.8 Å². The van der Waals surface area contributed by atoms with Crippen molar-refractivity contribution in [3.63, 3.8) is 0 Å². The first-order chi connectivity index (χ1) is 24.8. The van der Waals surface area contributed by atoms with Crippen LogP contribution >= 0.6 is 11.3 Å². The Bertz CT molecular complexity index is 1920. The van der Waals surface area contributed by atoms with Gasteiger partial charge >= 0.3 is 0 Å². The van der Waals surface area contributed by atoms with Gasteiger partial charge in [0.1, 0.15) is 17.7 Å². The van der Waals surface area contributed by atoms with Crippen LogP contribution in [-0.2, 0) is 20.8 Å². The summed E-state index contributed by atoms with van der Waals surface area (Å²) in [5, 5.41) is 0.448. The van der Waals surface area contributed by atoms with E-state index in [2.05, 4.69) is 22.6 Å². The minimum atomic E-state index is -0.983. The maximum absolute atomic E-state index is 14.6. The van der Waals surface area contributed by atoms with E-state index < -0.39 is 23.5 Å². The maximum Gasteiger partial charge on any atom is 0.274 e. The highest BCUT2D eigenvalue weighted by atomic mass is 32.1. The Kier molecular flexibility index (Phi) is 10.4. The number of para-hydroxylation sites is 1. The van der Waals surface area contributed by atoms with E-state index in [1.54, 1.807) is 30.2 Å². The number of thiazole rings is 1. The van der Waals surface area contributed by atoms with Crippen LogP contribution in [0.2, 0.25) is 0 Å². The van der Waals surface area contributed by atoms with E-state index in [0.29, 0.717) is 36.0 Å². The number of fused-ring (bicyclic) bond motifs is 3. The number of nitrogens with one attached hydrogen (secondary N) is 1. The summed E-state index contributed by atoms with van der Waals surface area (Å²) in [6.45, 7) is 0.202. The summed E-state index contributed by atoms with van der Waals surface area (Å²) in [5.41, 5.74) is 3.13. The number of benzene rings is 3. The first-order valence-electron chi connectivity index (χ1n) is 17.7. The Balaban J connectivity index is 1.16. The zero-order valence-corrected chi connectivity index (χ0v) is 29.4. The van der Waals surface area contributed by atoms with Gasteiger partial charge in [-0.25, -0.2) is 9.37 Å². The lowest BCUT2D eigenvalue weighted by molar-refractivity contribution is -0.143. The van der Waals surface area contributed by atoms with Gasteiger partial charge in [0, 0.05) is 18.8 Å². The third-order valence-electron chi connectivity index (χ3n) is 10.4. The lowest BCUT2D eigenvalue weighted by Crippen LogP contribution is -2.46. The van der Waals surface area contributed by atoms with E-state index in [1.165, 1.54) is 23.5 Å². The fraction of sp³-hybridized carbons (Fsp3) is 0.400. The van der Waals surface area contributed by atoms with Crippen LogP contribution in [-0.4, -0.2) is 53.3 Å². The third-order valence-corrected chi connectivity index (χ3v) is 11.3. The van der Waals surface area contributed by atoms with Gasteiger partial charge in [-0.2, -0.15) is 5.48 Å². The van der Waals surface area contributed by atoms with Gasteiger partial charge in [-0.15, -0.1) is 0 Å². The lowest BCUT2D eigenvalue weighted by atomic mass is 9.90. The van der Waals surface area contributed by atoms with Gasteiger partial charge in [0.05, 0.1) is 35.3 Å². The molecule has 0 radical (unpaired) electrons. The summed E-state index contributed by atoms with van der Waals surface area (Å²) in [4.78, 5) is 54.7. The Morgan fingerprint density at radius 1 is 1.04 bits per heavy atom. The molecule has 11 heteroatoms. The molecular formula is C40H42FN3O6S. The zero-order chi connectivity index (χ0) is 35.4. The van der Waals surface area contributed by atoms with E-state index in [4.69, 9.17) is 14.3 Å². The zero-order valence-electron chi connectivity index (χ0n) is 28.6. The smallest absolute Gasteiger partial charge is 0.274 e. The number of carbonyl (C=O) groups is 3. The highest BCUT2D eigenvalue weighted by Crippen LogP contribution is 2.57. The molecule has 1 aliphatic carbocycles. The standard InChI is InChI=1S/C40H42FN3O6S/c1-48-31-17-18-33-36(22-31)51-39(42-33)49-32-21-34-35(45)24-40(38(47)43-50-30-15-8-5-9-16-30)23-28(40)13-7-4-2-3-6-12-27(37(46)44(34)25-32)19-26-11-10-14-29(41)20-26/h5,7-11,13-18,20,22,27-28,32,34H,2-4,6,12,19,21,23-25H2,1H3,(H,43,47)/b13-7-/t27-,28-,32-,34+,40-/m1/s1. The molecule has 0 unspecified atom stereocenters. The number of hydrogen-bond acceptors (Lipinski definition) is 8. The Hall–Kier alpha value is -4.77. The van der Waals surface area contributed by atoms with E-state index >= 15 is 0 Å². The number of nitrogens with zero attached hydrogens (tertiary/aromatic N) is 2. The molecule has 5 atom stereocenters. The Morgan fingerprint density at radius 3 is 2.73 bits per heavy atom. The molecule has 1 saturated carbocycles. The van der Waals surface area contributed by atoms with Crippen LogP contribution in [0.3, 0.4) is 0 Å². The average molecular weight is 712 g/mol. The number of allylic oxidation sites excluding steroid dienone is 2. The van der Waals surface area contributed by atoms with Gasteiger partial charge < -0.3 is 19.2 Å². The van der Waals surface area contributed by atoms with Crippen LogP contribution in [0.1, 0.15) is 56.9 Å². The normalized spacial score (nSPS) is 26.0. The number of hydrogen-bond donors (Lipinski definition) is 1. The summed E-state index contributed by atoms with van der Waals surface area (Å²) < 4.78 is 26.9. The van der Waals surface area contributed by atoms with Crippen LogP contribution in [0.15, 0.2) is 84.9 Å². The van der Waals surface area contributed by atoms with Crippen LogP contribution in [0.4, 0.5) is 4.39 Å². The van der Waals surface area contributed by atoms with Crippen molar-refractivity contribution in [3.8, 4) is 16.7 Å². The molecule has 0 bridgehead atoms. The van der Waals surface area contributed by atoms with Crippen molar-refractivity contribution >= 4 is 39.2 Å². The topological polar surface area (TPSA) is 107 Å². The van der Waals surface area contributed by atoms with Gasteiger partial charge in [0.25, 0.3) is 11.1 Å². The SMILES string of the molecule is COc1ccc2nc(O[C@@H]3C[C@H]4C(=O)C[C@]5(C(=O)NOc6ccccc6)C[C@H]5/C=C\CCCCC[C@H](Cc5cccc(F)c5)C(=O)N4C3)sc2c1. The van der Waals surface area contributed by atoms with Gasteiger partial charge in [-0.1, -0.05) is 66.7 Å². The molecule has 3 aromatic carbocycles. The first-order valence-corrected chi connectivity index (χ1v) is 18.5. The predicted octanol–water partition coefficient (Wildman–Crippen LogP) is 7.25. The number of rotatable bonds is 8. The third kappa shape index (κ3) is 7.93. The molecule has 7 rings (SSSR count). The second-order valence-corrected chi connectivity index (χ2v) is 14.8. The highest BCUT2D eigenvalue weighted by molar-refractivity contribution is 7.20. The molecule has 1 N–H and O–H groups in total. The molecule has 1 saturated heterocycles. The molecule has 3 aliphatic rings. The Morgan fingerprint density at radius 2 is 1.90 bits per heavy atom. The molecule has 4 aromatic rings. The molecule has 3 heterocycles. The lowest BCUT2D eigenvalue weighted by Gasteiger charge is -2.29. The van der Waals surface area contributed by atoms with Crippen LogP contribution in [0.5, 0.6) is 16.7 Å². The fourth-order valence-electron chi connectivity index (χ4n) is 7.48. The van der Waals surface area contributed by atoms with E-state index in [-0.39, 0.29) is 48.7 Å². The molecule has 266 valence electrons. The molecule has 1 aromatic heterocycles. The summed E-state index contributed by atoms with van der Waals surface area (Å²) in [6, 6.07) is 20.2. The maximum atomic E-state index is 14.6. The van der Waals surface area contributed by atoms with Gasteiger partial charge in [-0.3, -0.25) is 14.4 Å². The highest BCUT2D eigenvalue weighted by Gasteiger charge is 2.61. The quantitative estimate of drug-likeness (QED) is 0.152. The molecule has 2 amide bonds. The average Bonchev–Trinajstić information content (AvgIpc) is 3.44. The molecule has 9 nitrogen and oxygen atoms in total. The van der Waals surface area contributed by atoms with Gasteiger partial charge in [0.2, 0.25) is 5.91 Å². The molecule has 51 heavy (non-hydrogen) atoms. The number of halogens is 1. The number of hydroxylamine groups is 1. The minimum Gasteiger partial charge on any atom is -0.497 e. The number of amides is 2. The Labute approximate surface area is 300 Å². The van der Waals surface area contributed by atoms with Crippen molar-refractivity contribution in [2.75, 3.05) is 13.7 Å². The van der Waals surface area contributed by atoms with Crippen molar-refractivity contribution in [3.05, 3.63) is 96.3 Å². The summed E-state index contributed by atoms with van der Waals surface area (Å²) >= 11 is 1.38. The number of aromatic nitrogens is 1.